The number of rotatable bonds is 41. The van der Waals surface area contributed by atoms with Crippen molar-refractivity contribution in [1.82, 2.24) is 0 Å². The van der Waals surface area contributed by atoms with Crippen LogP contribution in [0.15, 0.2) is 12.2 Å². The fraction of sp³-hybridized carbons (Fsp3) is 0.905. The molecule has 0 radical (unpaired) electrons. The summed E-state index contributed by atoms with van der Waals surface area (Å²) in [6.07, 6.45) is 39.5. The van der Waals surface area contributed by atoms with Crippen LogP contribution in [0.4, 0.5) is 0 Å². The first-order valence-corrected chi connectivity index (χ1v) is 23.2. The van der Waals surface area contributed by atoms with E-state index in [9.17, 15) is 19.0 Å². The number of carbonyl (C=O) groups is 2. The maximum Gasteiger partial charge on any atom is 0.472 e. The maximum absolute atomic E-state index is 12.6. The van der Waals surface area contributed by atoms with Crippen LogP contribution < -0.4 is 5.73 Å². The first-order valence-electron chi connectivity index (χ1n) is 21.7. The van der Waals surface area contributed by atoms with E-state index in [4.69, 9.17) is 24.3 Å². The van der Waals surface area contributed by atoms with Gasteiger partial charge in [0.1, 0.15) is 6.61 Å². The van der Waals surface area contributed by atoms with Gasteiger partial charge in [-0.3, -0.25) is 18.6 Å². The molecule has 10 heteroatoms. The summed E-state index contributed by atoms with van der Waals surface area (Å²) in [7, 11) is -4.37. The third-order valence-corrected chi connectivity index (χ3v) is 10.4. The van der Waals surface area contributed by atoms with Gasteiger partial charge in [-0.25, -0.2) is 4.57 Å². The summed E-state index contributed by atoms with van der Waals surface area (Å²) in [5.74, 6) is -0.828. The normalized spacial score (nSPS) is 13.4. The molecule has 0 amide bonds. The monoisotopic (exact) mass is 760 g/mol. The fourth-order valence-corrected chi connectivity index (χ4v) is 6.92. The predicted octanol–water partition coefficient (Wildman–Crippen LogP) is 12.2. The molecule has 308 valence electrons. The van der Waals surface area contributed by atoms with Crippen LogP contribution in [0.1, 0.15) is 213 Å². The Balaban J connectivity index is 4.12. The minimum atomic E-state index is -4.37. The second kappa shape index (κ2) is 39.4. The van der Waals surface area contributed by atoms with Gasteiger partial charge in [0, 0.05) is 19.4 Å². The summed E-state index contributed by atoms with van der Waals surface area (Å²) >= 11 is 0. The topological polar surface area (TPSA) is 134 Å². The SMILES string of the molecule is CCCCCCC/C=C\CCCCCCCC(=O)O[C@H](COC(=O)CCCCCCCCCCCCCCCCCCC)COP(=O)(O)OCCN. The molecule has 0 bridgehead atoms. The number of ether oxygens (including phenoxy) is 2. The molecule has 0 aliphatic carbocycles. The van der Waals surface area contributed by atoms with Crippen molar-refractivity contribution in [3.05, 3.63) is 12.2 Å². The quantitative estimate of drug-likeness (QED) is 0.0270. The van der Waals surface area contributed by atoms with Crippen LogP contribution in [-0.4, -0.2) is 49.3 Å². The van der Waals surface area contributed by atoms with E-state index in [-0.39, 0.29) is 38.6 Å². The summed E-state index contributed by atoms with van der Waals surface area (Å²) in [6, 6.07) is 0. The van der Waals surface area contributed by atoms with Crippen LogP contribution in [0, 0.1) is 0 Å². The van der Waals surface area contributed by atoms with E-state index in [0.717, 1.165) is 51.4 Å². The van der Waals surface area contributed by atoms with Gasteiger partial charge >= 0.3 is 19.8 Å². The van der Waals surface area contributed by atoms with E-state index in [1.165, 1.54) is 128 Å². The molecule has 1 unspecified atom stereocenters. The highest BCUT2D eigenvalue weighted by Gasteiger charge is 2.26. The van der Waals surface area contributed by atoms with Crippen molar-refractivity contribution >= 4 is 19.8 Å². The number of phosphoric acid groups is 1. The third-order valence-electron chi connectivity index (χ3n) is 9.40. The summed E-state index contributed by atoms with van der Waals surface area (Å²) in [5, 5.41) is 0. The molecule has 0 aliphatic heterocycles. The van der Waals surface area contributed by atoms with Crippen LogP contribution in [-0.2, 0) is 32.7 Å². The molecular weight excluding hydrogens is 677 g/mol. The van der Waals surface area contributed by atoms with Crippen molar-refractivity contribution in [2.75, 3.05) is 26.4 Å². The molecule has 0 aromatic heterocycles. The molecule has 0 fully saturated rings. The lowest BCUT2D eigenvalue weighted by Gasteiger charge is -2.19. The zero-order chi connectivity index (χ0) is 38.2. The van der Waals surface area contributed by atoms with Crippen LogP contribution >= 0.6 is 7.82 Å². The summed E-state index contributed by atoms with van der Waals surface area (Å²) < 4.78 is 32.8. The highest BCUT2D eigenvalue weighted by Crippen LogP contribution is 2.43. The van der Waals surface area contributed by atoms with Crippen molar-refractivity contribution < 1.29 is 37.6 Å². The molecule has 0 saturated heterocycles. The molecule has 0 spiro atoms. The van der Waals surface area contributed by atoms with Crippen molar-refractivity contribution in [2.24, 2.45) is 5.73 Å². The number of carbonyl (C=O) groups excluding carboxylic acids is 2. The second-order valence-corrected chi connectivity index (χ2v) is 16.0. The number of hydrogen-bond acceptors (Lipinski definition) is 8. The number of allylic oxidation sites excluding steroid dienone is 2. The summed E-state index contributed by atoms with van der Waals surface area (Å²) in [6.45, 7) is 3.74. The largest absolute Gasteiger partial charge is 0.472 e. The Hall–Kier alpha value is -1.25. The van der Waals surface area contributed by atoms with Crippen LogP contribution in [0.2, 0.25) is 0 Å². The predicted molar refractivity (Wildman–Crippen MR) is 215 cm³/mol. The Labute approximate surface area is 319 Å². The molecule has 0 rings (SSSR count). The average molecular weight is 760 g/mol. The molecule has 0 aromatic rings. The number of unbranched alkanes of at least 4 members (excludes halogenated alkanes) is 26. The molecule has 2 atom stereocenters. The van der Waals surface area contributed by atoms with Crippen molar-refractivity contribution in [3.8, 4) is 0 Å². The van der Waals surface area contributed by atoms with Crippen LogP contribution in [0.5, 0.6) is 0 Å². The smallest absolute Gasteiger partial charge is 0.462 e. The van der Waals surface area contributed by atoms with E-state index in [1.807, 2.05) is 0 Å². The van der Waals surface area contributed by atoms with Gasteiger partial charge in [-0.2, -0.15) is 0 Å². The zero-order valence-corrected chi connectivity index (χ0v) is 34.7. The lowest BCUT2D eigenvalue weighted by molar-refractivity contribution is -0.161. The lowest BCUT2D eigenvalue weighted by Crippen LogP contribution is -2.29. The summed E-state index contributed by atoms with van der Waals surface area (Å²) in [4.78, 5) is 34.8. The van der Waals surface area contributed by atoms with E-state index >= 15 is 0 Å². The van der Waals surface area contributed by atoms with Gasteiger partial charge in [0.15, 0.2) is 6.10 Å². The minimum Gasteiger partial charge on any atom is -0.462 e. The Morgan fingerprint density at radius 3 is 1.37 bits per heavy atom. The zero-order valence-electron chi connectivity index (χ0n) is 33.8. The highest BCUT2D eigenvalue weighted by molar-refractivity contribution is 7.47. The van der Waals surface area contributed by atoms with Gasteiger partial charge in [-0.1, -0.05) is 174 Å². The third kappa shape index (κ3) is 38.5. The van der Waals surface area contributed by atoms with Gasteiger partial charge in [0.25, 0.3) is 0 Å². The van der Waals surface area contributed by atoms with E-state index in [0.29, 0.717) is 6.42 Å². The molecule has 9 nitrogen and oxygen atoms in total. The van der Waals surface area contributed by atoms with E-state index in [2.05, 4.69) is 26.0 Å². The van der Waals surface area contributed by atoms with E-state index in [1.54, 1.807) is 0 Å². The van der Waals surface area contributed by atoms with Crippen LogP contribution in [0.3, 0.4) is 0 Å². The molecule has 0 aliphatic rings. The van der Waals surface area contributed by atoms with Gasteiger partial charge in [0.05, 0.1) is 13.2 Å². The maximum atomic E-state index is 12.6. The van der Waals surface area contributed by atoms with Crippen molar-refractivity contribution in [1.29, 1.82) is 0 Å². The fourth-order valence-electron chi connectivity index (χ4n) is 6.16. The number of esters is 2. The van der Waals surface area contributed by atoms with Gasteiger partial charge in [-0.05, 0) is 38.5 Å². The molecule has 0 heterocycles. The molecule has 0 saturated carbocycles. The van der Waals surface area contributed by atoms with E-state index < -0.39 is 26.5 Å². The number of hydrogen-bond donors (Lipinski definition) is 2. The Bertz CT molecular complexity index is 871. The van der Waals surface area contributed by atoms with Gasteiger partial charge in [-0.15, -0.1) is 0 Å². The standard InChI is InChI=1S/C42H82NO8P/c1-3-5-7-9-11-13-15-17-19-20-21-23-24-26-28-30-32-34-41(44)48-38-40(39-50-52(46,47)49-37-36-43)51-42(45)35-33-31-29-27-25-22-18-16-14-12-10-8-6-4-2/h16,18,40H,3-15,17,19-39,43H2,1-2H3,(H,46,47)/b18-16-/t40-/m1/s1. The van der Waals surface area contributed by atoms with Crippen molar-refractivity contribution in [3.63, 3.8) is 0 Å². The first-order chi connectivity index (χ1) is 25.3. The Kier molecular flexibility index (Phi) is 38.5. The minimum absolute atomic E-state index is 0.0548. The van der Waals surface area contributed by atoms with Gasteiger partial charge < -0.3 is 20.1 Å². The molecule has 3 N–H and O–H groups in total. The van der Waals surface area contributed by atoms with Crippen LogP contribution in [0.25, 0.3) is 0 Å². The first kappa shape index (κ1) is 50.8. The highest BCUT2D eigenvalue weighted by atomic mass is 31.2. The van der Waals surface area contributed by atoms with Crippen molar-refractivity contribution in [2.45, 2.75) is 219 Å². The molecule has 0 aromatic carbocycles. The second-order valence-electron chi connectivity index (χ2n) is 14.6. The number of phosphoric ester groups is 1. The summed E-state index contributed by atoms with van der Waals surface area (Å²) in [5.41, 5.74) is 5.34. The van der Waals surface area contributed by atoms with Gasteiger partial charge in [0.2, 0.25) is 0 Å². The molecular formula is C42H82NO8P. The lowest BCUT2D eigenvalue weighted by atomic mass is 10.0. The Morgan fingerprint density at radius 1 is 0.558 bits per heavy atom. The Morgan fingerprint density at radius 2 is 0.942 bits per heavy atom. The average Bonchev–Trinajstić information content (AvgIpc) is 3.13. The number of nitrogens with two attached hydrogens (primary N) is 1. The molecule has 52 heavy (non-hydrogen) atoms.